The second-order valence-electron chi connectivity index (χ2n) is 3.87. The van der Waals surface area contributed by atoms with Gasteiger partial charge >= 0.3 is 0 Å². The maximum Gasteiger partial charge on any atom is 0.121 e. The van der Waals surface area contributed by atoms with E-state index in [1.54, 1.807) is 6.26 Å². The van der Waals surface area contributed by atoms with Crippen molar-refractivity contribution >= 4 is 0 Å². The SMILES string of the molecule is NC(c1ccco1)C1(CO)CCC1. The Kier molecular flexibility index (Phi) is 2.14. The van der Waals surface area contributed by atoms with E-state index < -0.39 is 0 Å². The van der Waals surface area contributed by atoms with Crippen LogP contribution in [0, 0.1) is 5.41 Å². The van der Waals surface area contributed by atoms with Crippen molar-refractivity contribution < 1.29 is 9.52 Å². The summed E-state index contributed by atoms with van der Waals surface area (Å²) < 4.78 is 5.24. The minimum atomic E-state index is -0.152. The standard InChI is InChI=1S/C10H15NO2/c11-9(8-3-1-6-13-8)10(7-12)4-2-5-10/h1,3,6,9,12H,2,4-5,7,11H2. The molecule has 1 unspecified atom stereocenters. The fourth-order valence-corrected chi connectivity index (χ4v) is 1.97. The van der Waals surface area contributed by atoms with Crippen LogP contribution in [0.25, 0.3) is 0 Å². The summed E-state index contributed by atoms with van der Waals surface area (Å²) in [6.07, 6.45) is 4.80. The van der Waals surface area contributed by atoms with E-state index in [0.29, 0.717) is 0 Å². The zero-order chi connectivity index (χ0) is 9.31. The van der Waals surface area contributed by atoms with Gasteiger partial charge < -0.3 is 15.3 Å². The van der Waals surface area contributed by atoms with Crippen LogP contribution in [-0.4, -0.2) is 11.7 Å². The molecule has 1 aliphatic rings. The molecule has 1 saturated carbocycles. The number of aliphatic hydroxyl groups is 1. The van der Waals surface area contributed by atoms with E-state index in [1.807, 2.05) is 12.1 Å². The molecule has 1 atom stereocenters. The van der Waals surface area contributed by atoms with Crippen molar-refractivity contribution in [3.63, 3.8) is 0 Å². The number of hydrogen-bond acceptors (Lipinski definition) is 3. The van der Waals surface area contributed by atoms with Gasteiger partial charge in [-0.1, -0.05) is 6.42 Å². The summed E-state index contributed by atoms with van der Waals surface area (Å²) in [7, 11) is 0. The van der Waals surface area contributed by atoms with Gasteiger partial charge in [-0.2, -0.15) is 0 Å². The number of hydrogen-bond donors (Lipinski definition) is 2. The van der Waals surface area contributed by atoms with E-state index in [1.165, 1.54) is 0 Å². The average Bonchev–Trinajstić information content (AvgIpc) is 2.54. The molecule has 0 aromatic carbocycles. The van der Waals surface area contributed by atoms with Crippen LogP contribution in [0.2, 0.25) is 0 Å². The molecule has 1 heterocycles. The minimum absolute atomic E-state index is 0.113. The molecule has 3 nitrogen and oxygen atoms in total. The molecule has 13 heavy (non-hydrogen) atoms. The van der Waals surface area contributed by atoms with Gasteiger partial charge in [-0.05, 0) is 25.0 Å². The lowest BCUT2D eigenvalue weighted by Gasteiger charge is -2.44. The first-order valence-corrected chi connectivity index (χ1v) is 4.68. The first kappa shape index (κ1) is 8.78. The van der Waals surface area contributed by atoms with E-state index >= 15 is 0 Å². The zero-order valence-corrected chi connectivity index (χ0v) is 7.57. The third-order valence-corrected chi connectivity index (χ3v) is 3.17. The van der Waals surface area contributed by atoms with Crippen LogP contribution in [0.1, 0.15) is 31.1 Å². The fourth-order valence-electron chi connectivity index (χ4n) is 1.97. The Hall–Kier alpha value is -0.800. The Bertz CT molecular complexity index is 259. The van der Waals surface area contributed by atoms with Gasteiger partial charge in [0.2, 0.25) is 0 Å². The first-order valence-electron chi connectivity index (χ1n) is 4.68. The molecule has 0 radical (unpaired) electrons. The third kappa shape index (κ3) is 1.28. The Morgan fingerprint density at radius 2 is 2.38 bits per heavy atom. The Balaban J connectivity index is 2.16. The van der Waals surface area contributed by atoms with Crippen molar-refractivity contribution in [1.29, 1.82) is 0 Å². The highest BCUT2D eigenvalue weighted by atomic mass is 16.3. The average molecular weight is 181 g/mol. The fraction of sp³-hybridized carbons (Fsp3) is 0.600. The van der Waals surface area contributed by atoms with E-state index in [0.717, 1.165) is 25.0 Å². The minimum Gasteiger partial charge on any atom is -0.468 e. The number of rotatable bonds is 3. The van der Waals surface area contributed by atoms with E-state index in [9.17, 15) is 5.11 Å². The van der Waals surface area contributed by atoms with Gasteiger partial charge in [0, 0.05) is 5.41 Å². The predicted molar refractivity (Wildman–Crippen MR) is 49.0 cm³/mol. The van der Waals surface area contributed by atoms with Gasteiger partial charge in [-0.25, -0.2) is 0 Å². The smallest absolute Gasteiger partial charge is 0.121 e. The molecule has 0 spiro atoms. The number of aliphatic hydroxyl groups excluding tert-OH is 1. The third-order valence-electron chi connectivity index (χ3n) is 3.17. The topological polar surface area (TPSA) is 59.4 Å². The summed E-state index contributed by atoms with van der Waals surface area (Å²) in [6.45, 7) is 0.162. The summed E-state index contributed by atoms with van der Waals surface area (Å²) in [5.41, 5.74) is 5.92. The molecular formula is C10H15NO2. The van der Waals surface area contributed by atoms with Gasteiger partial charge in [0.1, 0.15) is 5.76 Å². The molecule has 3 N–H and O–H groups in total. The number of furan rings is 1. The molecule has 1 fully saturated rings. The van der Waals surface area contributed by atoms with E-state index in [-0.39, 0.29) is 18.1 Å². The molecular weight excluding hydrogens is 166 g/mol. The van der Waals surface area contributed by atoms with Crippen LogP contribution in [0.15, 0.2) is 22.8 Å². The monoisotopic (exact) mass is 181 g/mol. The molecule has 0 amide bonds. The zero-order valence-electron chi connectivity index (χ0n) is 7.57. The lowest BCUT2D eigenvalue weighted by Crippen LogP contribution is -2.43. The highest BCUT2D eigenvalue weighted by Crippen LogP contribution is 2.48. The van der Waals surface area contributed by atoms with Crippen molar-refractivity contribution in [2.24, 2.45) is 11.1 Å². The largest absolute Gasteiger partial charge is 0.468 e. The lowest BCUT2D eigenvalue weighted by atomic mass is 9.64. The van der Waals surface area contributed by atoms with Gasteiger partial charge in [-0.15, -0.1) is 0 Å². The molecule has 1 aliphatic carbocycles. The van der Waals surface area contributed by atoms with Gasteiger partial charge in [-0.3, -0.25) is 0 Å². The lowest BCUT2D eigenvalue weighted by molar-refractivity contribution is 0.0120. The molecule has 0 bridgehead atoms. The summed E-state index contributed by atoms with van der Waals surface area (Å²) in [6, 6.07) is 3.56. The molecule has 72 valence electrons. The maximum atomic E-state index is 9.28. The Labute approximate surface area is 77.5 Å². The first-order chi connectivity index (χ1) is 6.28. The van der Waals surface area contributed by atoms with Crippen LogP contribution in [0.3, 0.4) is 0 Å². The summed E-state index contributed by atoms with van der Waals surface area (Å²) >= 11 is 0. The molecule has 2 rings (SSSR count). The second-order valence-corrected chi connectivity index (χ2v) is 3.87. The molecule has 1 aromatic rings. The summed E-state index contributed by atoms with van der Waals surface area (Å²) in [4.78, 5) is 0. The van der Waals surface area contributed by atoms with Crippen LogP contribution in [-0.2, 0) is 0 Å². The van der Waals surface area contributed by atoms with Crippen LogP contribution >= 0.6 is 0 Å². The van der Waals surface area contributed by atoms with E-state index in [2.05, 4.69) is 0 Å². The van der Waals surface area contributed by atoms with Crippen LogP contribution < -0.4 is 5.73 Å². The van der Waals surface area contributed by atoms with Crippen molar-refractivity contribution in [1.82, 2.24) is 0 Å². The second kappa shape index (κ2) is 3.16. The van der Waals surface area contributed by atoms with Crippen LogP contribution in [0.5, 0.6) is 0 Å². The molecule has 0 saturated heterocycles. The van der Waals surface area contributed by atoms with E-state index in [4.69, 9.17) is 10.2 Å². The number of nitrogens with two attached hydrogens (primary N) is 1. The highest BCUT2D eigenvalue weighted by molar-refractivity contribution is 5.11. The predicted octanol–water partition coefficient (Wildman–Crippen LogP) is 1.44. The van der Waals surface area contributed by atoms with Gasteiger partial charge in [0.25, 0.3) is 0 Å². The van der Waals surface area contributed by atoms with Gasteiger partial charge in [0.05, 0.1) is 18.9 Å². The molecule has 0 aliphatic heterocycles. The Morgan fingerprint density at radius 1 is 1.62 bits per heavy atom. The quantitative estimate of drug-likeness (QED) is 0.741. The van der Waals surface area contributed by atoms with Crippen molar-refractivity contribution in [2.75, 3.05) is 6.61 Å². The maximum absolute atomic E-state index is 9.28. The normalized spacial score (nSPS) is 22.3. The van der Waals surface area contributed by atoms with Gasteiger partial charge in [0.15, 0.2) is 0 Å². The van der Waals surface area contributed by atoms with Crippen molar-refractivity contribution in [2.45, 2.75) is 25.3 Å². The van der Waals surface area contributed by atoms with Crippen molar-refractivity contribution in [3.8, 4) is 0 Å². The molecule has 3 heteroatoms. The summed E-state index contributed by atoms with van der Waals surface area (Å²) in [5.74, 6) is 0.786. The van der Waals surface area contributed by atoms with Crippen molar-refractivity contribution in [3.05, 3.63) is 24.2 Å². The molecule has 1 aromatic heterocycles. The van der Waals surface area contributed by atoms with Crippen LogP contribution in [0.4, 0.5) is 0 Å². The highest BCUT2D eigenvalue weighted by Gasteiger charge is 2.43. The summed E-state index contributed by atoms with van der Waals surface area (Å²) in [5, 5.41) is 9.28. The Morgan fingerprint density at radius 3 is 2.77 bits per heavy atom.